The van der Waals surface area contributed by atoms with E-state index in [1.807, 2.05) is 41.4 Å². The van der Waals surface area contributed by atoms with Crippen molar-refractivity contribution < 1.29 is 4.74 Å². The van der Waals surface area contributed by atoms with Crippen LogP contribution in [-0.4, -0.2) is 10.7 Å². The second-order valence-electron chi connectivity index (χ2n) is 8.04. The summed E-state index contributed by atoms with van der Waals surface area (Å²) in [7, 11) is 0. The third-order valence-electron chi connectivity index (χ3n) is 6.02. The Bertz CT molecular complexity index is 1400. The Balaban J connectivity index is 1.48. The third kappa shape index (κ3) is 3.32. The Morgan fingerprint density at radius 1 is 0.812 bits per heavy atom. The fourth-order valence-corrected chi connectivity index (χ4v) is 5.29. The monoisotopic (exact) mass is 478 g/mol. The molecule has 158 valence electrons. The van der Waals surface area contributed by atoms with Gasteiger partial charge in [-0.15, -0.1) is 0 Å². The number of halogens is 3. The van der Waals surface area contributed by atoms with Gasteiger partial charge in [-0.1, -0.05) is 83.3 Å². The summed E-state index contributed by atoms with van der Waals surface area (Å²) < 4.78 is 6.40. The molecule has 2 aliphatic heterocycles. The Morgan fingerprint density at radius 2 is 1.66 bits per heavy atom. The van der Waals surface area contributed by atoms with Crippen molar-refractivity contribution >= 4 is 51.3 Å². The zero-order valence-electron chi connectivity index (χ0n) is 16.8. The summed E-state index contributed by atoms with van der Waals surface area (Å²) in [6.07, 6.45) is 0.283. The van der Waals surface area contributed by atoms with Gasteiger partial charge >= 0.3 is 0 Å². The minimum Gasteiger partial charge on any atom is -0.463 e. The van der Waals surface area contributed by atoms with Gasteiger partial charge in [0.15, 0.2) is 0 Å². The summed E-state index contributed by atoms with van der Waals surface area (Å²) in [5.74, 6) is 0.650. The topological polar surface area (TPSA) is 24.8 Å². The highest BCUT2D eigenvalue weighted by Crippen LogP contribution is 2.51. The molecule has 0 radical (unpaired) electrons. The molecule has 0 aromatic heterocycles. The summed E-state index contributed by atoms with van der Waals surface area (Å²) >= 11 is 19.2. The van der Waals surface area contributed by atoms with Crippen LogP contribution < -0.4 is 4.74 Å². The van der Waals surface area contributed by atoms with Crippen LogP contribution in [0.25, 0.3) is 10.8 Å². The van der Waals surface area contributed by atoms with Crippen LogP contribution in [0, 0.1) is 0 Å². The maximum Gasteiger partial charge on any atom is 0.214 e. The molecule has 0 bridgehead atoms. The van der Waals surface area contributed by atoms with Crippen LogP contribution >= 0.6 is 34.8 Å². The van der Waals surface area contributed by atoms with E-state index in [4.69, 9.17) is 44.6 Å². The van der Waals surface area contributed by atoms with Gasteiger partial charge in [-0.25, -0.2) is 5.01 Å². The Hall–Kier alpha value is -2.72. The molecule has 0 spiro atoms. The van der Waals surface area contributed by atoms with Crippen molar-refractivity contribution in [3.05, 3.63) is 111 Å². The molecule has 0 aliphatic carbocycles. The summed E-state index contributed by atoms with van der Waals surface area (Å²) in [4.78, 5) is 0. The van der Waals surface area contributed by atoms with E-state index in [-0.39, 0.29) is 6.04 Å². The normalized spacial score (nSPS) is 19.3. The Morgan fingerprint density at radius 3 is 2.50 bits per heavy atom. The number of hydrogen-bond donors (Lipinski definition) is 0. The van der Waals surface area contributed by atoms with Crippen molar-refractivity contribution in [2.75, 3.05) is 0 Å². The van der Waals surface area contributed by atoms with Crippen LogP contribution in [0.2, 0.25) is 15.1 Å². The fraction of sp³-hybridized carbons (Fsp3) is 0.115. The number of fused-ring (bicyclic) bond motifs is 4. The second kappa shape index (κ2) is 7.70. The van der Waals surface area contributed by atoms with Crippen molar-refractivity contribution in [3.8, 4) is 5.75 Å². The number of hydrazone groups is 1. The van der Waals surface area contributed by atoms with Gasteiger partial charge in [-0.05, 0) is 46.7 Å². The highest BCUT2D eigenvalue weighted by molar-refractivity contribution is 6.35. The highest BCUT2D eigenvalue weighted by atomic mass is 35.5. The van der Waals surface area contributed by atoms with Crippen molar-refractivity contribution in [1.82, 2.24) is 5.01 Å². The molecule has 0 N–H and O–H groups in total. The van der Waals surface area contributed by atoms with Crippen molar-refractivity contribution in [3.63, 3.8) is 0 Å². The standard InChI is InChI=1S/C26H17Cl3N2O/c27-19-7-3-6-18(11-19)26-31-24(21-12-20(28)13-22(29)25(21)32-26)14-23(30-31)17-9-8-15-4-1-2-5-16(15)10-17/h1-13,24,26H,14H2/t24-,26-/m1/s1. The van der Waals surface area contributed by atoms with Crippen LogP contribution in [0.5, 0.6) is 5.75 Å². The van der Waals surface area contributed by atoms with Gasteiger partial charge in [0, 0.05) is 27.6 Å². The fourth-order valence-electron chi connectivity index (χ4n) is 4.54. The molecule has 0 fully saturated rings. The highest BCUT2D eigenvalue weighted by Gasteiger charge is 2.42. The van der Waals surface area contributed by atoms with E-state index in [9.17, 15) is 0 Å². The van der Waals surface area contributed by atoms with Gasteiger partial charge in [0.2, 0.25) is 6.23 Å². The third-order valence-corrected chi connectivity index (χ3v) is 6.76. The van der Waals surface area contributed by atoms with Crippen LogP contribution in [-0.2, 0) is 0 Å². The lowest BCUT2D eigenvalue weighted by molar-refractivity contribution is -0.0189. The second-order valence-corrected chi connectivity index (χ2v) is 9.32. The number of benzene rings is 4. The maximum absolute atomic E-state index is 6.55. The zero-order chi connectivity index (χ0) is 21.8. The molecule has 3 nitrogen and oxygen atoms in total. The minimum absolute atomic E-state index is 0.0413. The lowest BCUT2D eigenvalue weighted by Crippen LogP contribution is -2.33. The molecule has 4 aromatic carbocycles. The molecule has 0 amide bonds. The van der Waals surface area contributed by atoms with E-state index in [0.717, 1.165) is 28.8 Å². The Kier molecular flexibility index (Phi) is 4.80. The summed E-state index contributed by atoms with van der Waals surface area (Å²) in [5, 5.41) is 11.2. The molecular formula is C26H17Cl3N2O. The largest absolute Gasteiger partial charge is 0.463 e. The quantitative estimate of drug-likeness (QED) is 0.290. The molecule has 2 aliphatic rings. The van der Waals surface area contributed by atoms with Crippen LogP contribution in [0.1, 0.15) is 35.4 Å². The molecule has 0 saturated heterocycles. The van der Waals surface area contributed by atoms with E-state index >= 15 is 0 Å². The molecule has 0 saturated carbocycles. The first-order valence-electron chi connectivity index (χ1n) is 10.3. The average Bonchev–Trinajstić information content (AvgIpc) is 3.24. The van der Waals surface area contributed by atoms with Gasteiger partial charge in [-0.3, -0.25) is 0 Å². The summed E-state index contributed by atoms with van der Waals surface area (Å²) in [5.41, 5.74) is 3.96. The van der Waals surface area contributed by atoms with Gasteiger partial charge in [0.05, 0.1) is 16.8 Å². The lowest BCUT2D eigenvalue weighted by Gasteiger charge is -2.38. The van der Waals surface area contributed by atoms with E-state index < -0.39 is 6.23 Å². The SMILES string of the molecule is Clc1cccc([C@H]2Oc3c(Cl)cc(Cl)cc3[C@H]3CC(c4ccc5ccccc5c4)=NN32)c1. The first kappa shape index (κ1) is 19.9. The molecule has 6 heteroatoms. The first-order chi connectivity index (χ1) is 15.6. The predicted octanol–water partition coefficient (Wildman–Crippen LogP) is 8.04. The van der Waals surface area contributed by atoms with Gasteiger partial charge < -0.3 is 4.74 Å². The van der Waals surface area contributed by atoms with E-state index in [0.29, 0.717) is 20.8 Å². The van der Waals surface area contributed by atoms with Crippen molar-refractivity contribution in [1.29, 1.82) is 0 Å². The zero-order valence-corrected chi connectivity index (χ0v) is 19.1. The van der Waals surface area contributed by atoms with Crippen LogP contribution in [0.3, 0.4) is 0 Å². The lowest BCUT2D eigenvalue weighted by atomic mass is 9.95. The molecule has 2 heterocycles. The minimum atomic E-state index is -0.442. The predicted molar refractivity (Wildman–Crippen MR) is 131 cm³/mol. The van der Waals surface area contributed by atoms with E-state index in [2.05, 4.69) is 36.4 Å². The van der Waals surface area contributed by atoms with E-state index in [1.165, 1.54) is 10.8 Å². The first-order valence-corrected chi connectivity index (χ1v) is 11.5. The van der Waals surface area contributed by atoms with Gasteiger partial charge in [-0.2, -0.15) is 5.10 Å². The Labute approximate surface area is 200 Å². The van der Waals surface area contributed by atoms with Crippen molar-refractivity contribution in [2.45, 2.75) is 18.7 Å². The van der Waals surface area contributed by atoms with Crippen LogP contribution in [0.15, 0.2) is 84.0 Å². The average molecular weight is 480 g/mol. The molecular weight excluding hydrogens is 463 g/mol. The molecule has 4 aromatic rings. The number of rotatable bonds is 2. The number of ether oxygens (including phenoxy) is 1. The molecule has 6 rings (SSSR count). The number of nitrogens with zero attached hydrogens (tertiary/aromatic N) is 2. The van der Waals surface area contributed by atoms with Gasteiger partial charge in [0.25, 0.3) is 0 Å². The smallest absolute Gasteiger partial charge is 0.214 e. The van der Waals surface area contributed by atoms with Crippen molar-refractivity contribution in [2.24, 2.45) is 5.10 Å². The maximum atomic E-state index is 6.55. The van der Waals surface area contributed by atoms with Gasteiger partial charge in [0.1, 0.15) is 5.75 Å². The summed E-state index contributed by atoms with van der Waals surface area (Å²) in [6, 6.07) is 26.0. The van der Waals surface area contributed by atoms with Crippen LogP contribution in [0.4, 0.5) is 0 Å². The number of hydrogen-bond acceptors (Lipinski definition) is 3. The molecule has 0 unspecified atom stereocenters. The molecule has 32 heavy (non-hydrogen) atoms. The van der Waals surface area contributed by atoms with E-state index in [1.54, 1.807) is 6.07 Å². The molecule has 2 atom stereocenters. The summed E-state index contributed by atoms with van der Waals surface area (Å²) in [6.45, 7) is 0.